The Hall–Kier alpha value is -3.32. The Bertz CT molecular complexity index is 1460. The maximum Gasteiger partial charge on any atom is 0.488 e. The quantitative estimate of drug-likeness (QED) is 0.292. The number of alkyl halides is 3. The number of pyridine rings is 2. The Morgan fingerprint density at radius 2 is 1.86 bits per heavy atom. The molecule has 1 atom stereocenters. The standard InChI is InChI=1S/C25H22BF3N4O3S/c1-14-9-19(32-22(10-14)33-21-12-16(6-8-30-21)25(27,28)29)20-13-31-23(37-20)24(34)7-2-3-15-11-17(26(35)36)4-5-18(15)24/h4-6,8-13,34-36H,2-3,7H2,1H3,(H,30,32,33). The molecule has 4 aromatic rings. The van der Waals surface area contributed by atoms with Gasteiger partial charge in [0.2, 0.25) is 0 Å². The predicted octanol–water partition coefficient (Wildman–Crippen LogP) is 3.92. The van der Waals surface area contributed by atoms with Crippen molar-refractivity contribution in [2.45, 2.75) is 38.0 Å². The van der Waals surface area contributed by atoms with Crippen LogP contribution in [-0.2, 0) is 18.2 Å². The molecule has 0 saturated heterocycles. The number of hydrogen-bond donors (Lipinski definition) is 4. The number of nitrogens with zero attached hydrogens (tertiary/aromatic N) is 3. The maximum absolute atomic E-state index is 13.1. The van der Waals surface area contributed by atoms with Crippen molar-refractivity contribution in [1.29, 1.82) is 0 Å². The molecule has 4 N–H and O–H groups in total. The lowest BCUT2D eigenvalue weighted by Gasteiger charge is -2.33. The normalized spacial score (nSPS) is 17.4. The third-order valence-corrected chi connectivity index (χ3v) is 7.45. The highest BCUT2D eigenvalue weighted by Crippen LogP contribution is 2.43. The molecule has 1 unspecified atom stereocenters. The molecule has 37 heavy (non-hydrogen) atoms. The Labute approximate surface area is 214 Å². The molecule has 1 aliphatic carbocycles. The summed E-state index contributed by atoms with van der Waals surface area (Å²) in [5, 5.41) is 34.0. The van der Waals surface area contributed by atoms with E-state index in [1.807, 2.05) is 13.0 Å². The molecule has 5 rings (SSSR count). The van der Waals surface area contributed by atoms with Crippen molar-refractivity contribution in [2.75, 3.05) is 5.32 Å². The number of hydrogen-bond acceptors (Lipinski definition) is 8. The number of anilines is 2. The minimum Gasteiger partial charge on any atom is -0.423 e. The summed E-state index contributed by atoms with van der Waals surface area (Å²) in [6, 6.07) is 10.3. The Morgan fingerprint density at radius 1 is 1.05 bits per heavy atom. The van der Waals surface area contributed by atoms with Crippen molar-refractivity contribution < 1.29 is 28.3 Å². The van der Waals surface area contributed by atoms with Gasteiger partial charge in [0.05, 0.1) is 16.1 Å². The van der Waals surface area contributed by atoms with Gasteiger partial charge >= 0.3 is 13.3 Å². The van der Waals surface area contributed by atoms with E-state index in [4.69, 9.17) is 0 Å². The van der Waals surface area contributed by atoms with Crippen LogP contribution in [0.5, 0.6) is 0 Å². The second-order valence-corrected chi connectivity index (χ2v) is 10.0. The zero-order valence-corrected chi connectivity index (χ0v) is 20.4. The van der Waals surface area contributed by atoms with Gasteiger partial charge in [-0.1, -0.05) is 18.2 Å². The van der Waals surface area contributed by atoms with Crippen molar-refractivity contribution in [3.8, 4) is 10.6 Å². The van der Waals surface area contributed by atoms with Gasteiger partial charge in [0.25, 0.3) is 0 Å². The molecule has 1 aliphatic rings. The number of aryl methyl sites for hydroxylation is 2. The molecule has 0 spiro atoms. The molecule has 0 bridgehead atoms. The van der Waals surface area contributed by atoms with Crippen LogP contribution in [0, 0.1) is 6.92 Å². The van der Waals surface area contributed by atoms with Gasteiger partial charge in [-0.3, -0.25) is 0 Å². The lowest BCUT2D eigenvalue weighted by atomic mass is 9.73. The third kappa shape index (κ3) is 5.10. The van der Waals surface area contributed by atoms with Crippen molar-refractivity contribution in [3.63, 3.8) is 0 Å². The number of benzene rings is 1. The van der Waals surface area contributed by atoms with E-state index in [2.05, 4.69) is 20.3 Å². The van der Waals surface area contributed by atoms with Crippen molar-refractivity contribution in [2.24, 2.45) is 0 Å². The van der Waals surface area contributed by atoms with Crippen molar-refractivity contribution >= 4 is 35.6 Å². The van der Waals surface area contributed by atoms with Crippen LogP contribution in [0.2, 0.25) is 0 Å². The summed E-state index contributed by atoms with van der Waals surface area (Å²) in [7, 11) is -1.59. The lowest BCUT2D eigenvalue weighted by molar-refractivity contribution is -0.137. The fourth-order valence-electron chi connectivity index (χ4n) is 4.52. The Kier molecular flexibility index (Phi) is 6.53. The SMILES string of the molecule is Cc1cc(Nc2cc(C(F)(F)F)ccn2)nc(-c2cnc(C3(O)CCCc4cc(B(O)O)ccc43)s2)c1. The number of nitrogens with one attached hydrogen (secondary N) is 1. The zero-order valence-electron chi connectivity index (χ0n) is 19.6. The highest BCUT2D eigenvalue weighted by Gasteiger charge is 2.39. The molecule has 3 heterocycles. The van der Waals surface area contributed by atoms with Gasteiger partial charge in [-0.05, 0) is 72.6 Å². The average molecular weight is 526 g/mol. The number of fused-ring (bicyclic) bond motifs is 1. The summed E-state index contributed by atoms with van der Waals surface area (Å²) in [5.74, 6) is 0.345. The molecule has 1 aromatic carbocycles. The topological polar surface area (TPSA) is 111 Å². The summed E-state index contributed by atoms with van der Waals surface area (Å²) >= 11 is 1.28. The molecule has 190 valence electrons. The first-order chi connectivity index (χ1) is 17.5. The molecule has 12 heteroatoms. The second kappa shape index (κ2) is 9.53. The first kappa shape index (κ1) is 25.3. The van der Waals surface area contributed by atoms with Gasteiger partial charge in [-0.2, -0.15) is 13.2 Å². The summed E-state index contributed by atoms with van der Waals surface area (Å²) in [6.07, 6.45) is 0.0827. The molecule has 7 nitrogen and oxygen atoms in total. The molecule has 0 aliphatic heterocycles. The smallest absolute Gasteiger partial charge is 0.423 e. The maximum atomic E-state index is 13.1. The number of halogens is 3. The molecule has 0 amide bonds. The highest BCUT2D eigenvalue weighted by molar-refractivity contribution is 7.15. The zero-order chi connectivity index (χ0) is 26.4. The summed E-state index contributed by atoms with van der Waals surface area (Å²) in [4.78, 5) is 13.7. The number of thiazole rings is 1. The monoisotopic (exact) mass is 526 g/mol. The van der Waals surface area contributed by atoms with Gasteiger partial charge in [0, 0.05) is 12.4 Å². The van der Waals surface area contributed by atoms with E-state index in [0.717, 1.165) is 29.5 Å². The van der Waals surface area contributed by atoms with Crippen LogP contribution in [0.4, 0.5) is 24.8 Å². The molecular formula is C25H22BF3N4O3S. The minimum absolute atomic E-state index is 0.0179. The average Bonchev–Trinajstić information content (AvgIpc) is 3.35. The van der Waals surface area contributed by atoms with Gasteiger partial charge < -0.3 is 20.5 Å². The fraction of sp³-hybridized carbons (Fsp3) is 0.240. The van der Waals surface area contributed by atoms with Crippen LogP contribution in [-0.4, -0.2) is 37.2 Å². The van der Waals surface area contributed by atoms with E-state index >= 15 is 0 Å². The van der Waals surface area contributed by atoms with E-state index in [1.165, 1.54) is 11.3 Å². The minimum atomic E-state index is -4.49. The van der Waals surface area contributed by atoms with Gasteiger partial charge in [-0.15, -0.1) is 11.3 Å². The number of aromatic nitrogens is 3. The van der Waals surface area contributed by atoms with Crippen molar-refractivity contribution in [1.82, 2.24) is 15.0 Å². The van der Waals surface area contributed by atoms with Gasteiger partial charge in [0.15, 0.2) is 0 Å². The van der Waals surface area contributed by atoms with E-state index in [9.17, 15) is 28.3 Å². The van der Waals surface area contributed by atoms with Crippen LogP contribution in [0.15, 0.2) is 54.9 Å². The molecule has 0 radical (unpaired) electrons. The first-order valence-electron chi connectivity index (χ1n) is 11.5. The summed E-state index contributed by atoms with van der Waals surface area (Å²) < 4.78 is 39.2. The number of aliphatic hydroxyl groups is 1. The lowest BCUT2D eigenvalue weighted by Crippen LogP contribution is -2.35. The Morgan fingerprint density at radius 3 is 2.62 bits per heavy atom. The summed E-state index contributed by atoms with van der Waals surface area (Å²) in [5.41, 5.74) is 1.11. The van der Waals surface area contributed by atoms with E-state index in [-0.39, 0.29) is 5.82 Å². The molecular weight excluding hydrogens is 504 g/mol. The first-order valence-corrected chi connectivity index (χ1v) is 12.3. The molecule has 3 aromatic heterocycles. The Balaban J connectivity index is 1.45. The largest absolute Gasteiger partial charge is 0.488 e. The fourth-order valence-corrected chi connectivity index (χ4v) is 5.53. The predicted molar refractivity (Wildman–Crippen MR) is 135 cm³/mol. The van der Waals surface area contributed by atoms with Crippen LogP contribution >= 0.6 is 11.3 Å². The van der Waals surface area contributed by atoms with Crippen LogP contribution in [0.25, 0.3) is 10.6 Å². The molecule has 0 saturated carbocycles. The third-order valence-electron chi connectivity index (χ3n) is 6.28. The van der Waals surface area contributed by atoms with E-state index < -0.39 is 24.5 Å². The number of rotatable bonds is 5. The van der Waals surface area contributed by atoms with Crippen molar-refractivity contribution in [3.05, 3.63) is 82.1 Å². The van der Waals surface area contributed by atoms with E-state index in [0.29, 0.717) is 51.7 Å². The molecule has 0 fully saturated rings. The highest BCUT2D eigenvalue weighted by atomic mass is 32.1. The van der Waals surface area contributed by atoms with Crippen LogP contribution < -0.4 is 10.8 Å². The van der Waals surface area contributed by atoms with Crippen LogP contribution in [0.3, 0.4) is 0 Å². The van der Waals surface area contributed by atoms with Gasteiger partial charge in [-0.25, -0.2) is 15.0 Å². The van der Waals surface area contributed by atoms with E-state index in [1.54, 1.807) is 30.5 Å². The van der Waals surface area contributed by atoms with Crippen LogP contribution in [0.1, 0.15) is 40.1 Å². The summed E-state index contributed by atoms with van der Waals surface area (Å²) in [6.45, 7) is 1.84. The van der Waals surface area contributed by atoms with Gasteiger partial charge in [0.1, 0.15) is 22.2 Å². The second-order valence-electron chi connectivity index (χ2n) is 9.00.